The maximum Gasteiger partial charge on any atom is 0.0500 e. The molecule has 1 atom stereocenters. The van der Waals surface area contributed by atoms with Crippen molar-refractivity contribution in [2.75, 3.05) is 18.4 Å². The van der Waals surface area contributed by atoms with Crippen LogP contribution in [0.15, 0.2) is 48.8 Å². The highest BCUT2D eigenvalue weighted by Gasteiger charge is 2.12. The van der Waals surface area contributed by atoms with Gasteiger partial charge in [0.15, 0.2) is 0 Å². The SMILES string of the molecule is CC(Nc1cccc(CN2CCCC2)c1)c1cccnc1. The Morgan fingerprint density at radius 2 is 2.05 bits per heavy atom. The summed E-state index contributed by atoms with van der Waals surface area (Å²) in [6.07, 6.45) is 6.42. The molecule has 1 N–H and O–H groups in total. The van der Waals surface area contributed by atoms with Crippen molar-refractivity contribution in [3.63, 3.8) is 0 Å². The molecule has 3 rings (SSSR count). The summed E-state index contributed by atoms with van der Waals surface area (Å²) in [6, 6.07) is 13.1. The Morgan fingerprint density at radius 3 is 2.81 bits per heavy atom. The molecular weight excluding hydrogens is 258 g/mol. The van der Waals surface area contributed by atoms with E-state index in [9.17, 15) is 0 Å². The van der Waals surface area contributed by atoms with Crippen LogP contribution in [-0.2, 0) is 6.54 Å². The van der Waals surface area contributed by atoms with E-state index in [4.69, 9.17) is 0 Å². The number of nitrogens with zero attached hydrogens (tertiary/aromatic N) is 2. The standard InChI is InChI=1S/C18H23N3/c1-15(17-7-5-9-19-13-17)20-18-8-4-6-16(12-18)14-21-10-2-3-11-21/h4-9,12-13,15,20H,2-3,10-11,14H2,1H3. The summed E-state index contributed by atoms with van der Waals surface area (Å²) in [5, 5.41) is 3.56. The quantitative estimate of drug-likeness (QED) is 0.902. The average Bonchev–Trinajstić information content (AvgIpc) is 3.01. The number of pyridine rings is 1. The van der Waals surface area contributed by atoms with Gasteiger partial charge < -0.3 is 5.32 Å². The van der Waals surface area contributed by atoms with E-state index in [1.54, 1.807) is 0 Å². The zero-order chi connectivity index (χ0) is 14.5. The van der Waals surface area contributed by atoms with Crippen LogP contribution in [0.3, 0.4) is 0 Å². The number of hydrogen-bond acceptors (Lipinski definition) is 3. The van der Waals surface area contributed by atoms with Crippen LogP contribution in [0.5, 0.6) is 0 Å². The number of anilines is 1. The zero-order valence-corrected chi connectivity index (χ0v) is 12.6. The minimum atomic E-state index is 0.265. The lowest BCUT2D eigenvalue weighted by atomic mass is 10.1. The molecule has 1 unspecified atom stereocenters. The molecule has 2 aromatic rings. The van der Waals surface area contributed by atoms with E-state index in [0.29, 0.717) is 0 Å². The Balaban J connectivity index is 1.65. The van der Waals surface area contributed by atoms with Gasteiger partial charge in [-0.2, -0.15) is 0 Å². The Kier molecular flexibility index (Phi) is 4.51. The number of rotatable bonds is 5. The fraction of sp³-hybridized carbons (Fsp3) is 0.389. The predicted molar refractivity (Wildman–Crippen MR) is 87.2 cm³/mol. The molecule has 0 bridgehead atoms. The third kappa shape index (κ3) is 3.82. The molecule has 0 saturated carbocycles. The monoisotopic (exact) mass is 281 g/mol. The van der Waals surface area contributed by atoms with Gasteiger partial charge in [-0.25, -0.2) is 0 Å². The first-order valence-corrected chi connectivity index (χ1v) is 7.79. The highest BCUT2D eigenvalue weighted by molar-refractivity contribution is 5.47. The molecule has 3 heteroatoms. The lowest BCUT2D eigenvalue weighted by molar-refractivity contribution is 0.331. The first-order valence-electron chi connectivity index (χ1n) is 7.79. The molecular formula is C18H23N3. The largest absolute Gasteiger partial charge is 0.378 e. The molecule has 3 nitrogen and oxygen atoms in total. The van der Waals surface area contributed by atoms with Gasteiger partial charge in [-0.15, -0.1) is 0 Å². The molecule has 1 saturated heterocycles. The number of nitrogens with one attached hydrogen (secondary N) is 1. The number of hydrogen-bond donors (Lipinski definition) is 1. The van der Waals surface area contributed by atoms with Gasteiger partial charge in [0.2, 0.25) is 0 Å². The molecule has 2 heterocycles. The third-order valence-corrected chi connectivity index (χ3v) is 4.10. The van der Waals surface area contributed by atoms with Crippen LogP contribution in [0.4, 0.5) is 5.69 Å². The third-order valence-electron chi connectivity index (χ3n) is 4.10. The Bertz CT molecular complexity index is 562. The Hall–Kier alpha value is -1.87. The first kappa shape index (κ1) is 14.1. The van der Waals surface area contributed by atoms with E-state index in [1.807, 2.05) is 18.5 Å². The molecule has 1 aromatic heterocycles. The van der Waals surface area contributed by atoms with Gasteiger partial charge >= 0.3 is 0 Å². The fourth-order valence-corrected chi connectivity index (χ4v) is 2.92. The summed E-state index contributed by atoms with van der Waals surface area (Å²) in [7, 11) is 0. The van der Waals surface area contributed by atoms with E-state index in [2.05, 4.69) is 52.5 Å². The Labute approximate surface area is 127 Å². The lowest BCUT2D eigenvalue weighted by Gasteiger charge is -2.18. The van der Waals surface area contributed by atoms with Gasteiger partial charge in [-0.1, -0.05) is 18.2 Å². The average molecular weight is 281 g/mol. The van der Waals surface area contributed by atoms with Gasteiger partial charge in [-0.05, 0) is 62.2 Å². The smallest absolute Gasteiger partial charge is 0.0500 e. The topological polar surface area (TPSA) is 28.2 Å². The van der Waals surface area contributed by atoms with E-state index in [0.717, 1.165) is 6.54 Å². The number of likely N-dealkylation sites (tertiary alicyclic amines) is 1. The summed E-state index contributed by atoms with van der Waals surface area (Å²) < 4.78 is 0. The molecule has 21 heavy (non-hydrogen) atoms. The fourth-order valence-electron chi connectivity index (χ4n) is 2.92. The summed E-state index contributed by atoms with van der Waals surface area (Å²) in [4.78, 5) is 6.72. The van der Waals surface area contributed by atoms with Gasteiger partial charge in [0.25, 0.3) is 0 Å². The van der Waals surface area contributed by atoms with Crippen LogP contribution in [-0.4, -0.2) is 23.0 Å². The first-order chi connectivity index (χ1) is 10.3. The van der Waals surface area contributed by atoms with E-state index in [1.165, 1.54) is 42.7 Å². The second-order valence-corrected chi connectivity index (χ2v) is 5.84. The summed E-state index contributed by atoms with van der Waals surface area (Å²) in [5.41, 5.74) is 3.78. The lowest BCUT2D eigenvalue weighted by Crippen LogP contribution is -2.18. The van der Waals surface area contributed by atoms with Crippen molar-refractivity contribution in [3.8, 4) is 0 Å². The van der Waals surface area contributed by atoms with E-state index >= 15 is 0 Å². The van der Waals surface area contributed by atoms with Crippen LogP contribution < -0.4 is 5.32 Å². The normalized spacial score (nSPS) is 16.8. The van der Waals surface area contributed by atoms with E-state index in [-0.39, 0.29) is 6.04 Å². The molecule has 1 fully saturated rings. The van der Waals surface area contributed by atoms with Crippen LogP contribution in [0, 0.1) is 0 Å². The number of aromatic nitrogens is 1. The molecule has 0 amide bonds. The number of benzene rings is 1. The van der Waals surface area contributed by atoms with Gasteiger partial charge in [0.05, 0.1) is 6.04 Å². The second-order valence-electron chi connectivity index (χ2n) is 5.84. The predicted octanol–water partition coefficient (Wildman–Crippen LogP) is 3.85. The van der Waals surface area contributed by atoms with Crippen molar-refractivity contribution in [1.82, 2.24) is 9.88 Å². The maximum absolute atomic E-state index is 4.19. The zero-order valence-electron chi connectivity index (χ0n) is 12.6. The summed E-state index contributed by atoms with van der Waals surface area (Å²) >= 11 is 0. The van der Waals surface area contributed by atoms with Crippen molar-refractivity contribution >= 4 is 5.69 Å². The molecule has 1 aliphatic rings. The second kappa shape index (κ2) is 6.72. The van der Waals surface area contributed by atoms with Crippen LogP contribution >= 0.6 is 0 Å². The van der Waals surface area contributed by atoms with Gasteiger partial charge in [0.1, 0.15) is 0 Å². The summed E-state index contributed by atoms with van der Waals surface area (Å²) in [6.45, 7) is 5.72. The van der Waals surface area contributed by atoms with Crippen molar-refractivity contribution < 1.29 is 0 Å². The molecule has 0 spiro atoms. The highest BCUT2D eigenvalue weighted by Crippen LogP contribution is 2.20. The van der Waals surface area contributed by atoms with Crippen LogP contribution in [0.1, 0.15) is 36.9 Å². The Morgan fingerprint density at radius 1 is 1.19 bits per heavy atom. The van der Waals surface area contributed by atoms with Gasteiger partial charge in [-0.3, -0.25) is 9.88 Å². The molecule has 110 valence electrons. The van der Waals surface area contributed by atoms with Crippen molar-refractivity contribution in [2.24, 2.45) is 0 Å². The molecule has 0 radical (unpaired) electrons. The van der Waals surface area contributed by atoms with Crippen LogP contribution in [0.25, 0.3) is 0 Å². The van der Waals surface area contributed by atoms with Gasteiger partial charge in [0, 0.05) is 24.6 Å². The van der Waals surface area contributed by atoms with Crippen LogP contribution in [0.2, 0.25) is 0 Å². The van der Waals surface area contributed by atoms with Crippen molar-refractivity contribution in [1.29, 1.82) is 0 Å². The minimum Gasteiger partial charge on any atom is -0.378 e. The van der Waals surface area contributed by atoms with Crippen molar-refractivity contribution in [3.05, 3.63) is 59.9 Å². The molecule has 1 aromatic carbocycles. The molecule has 0 aliphatic carbocycles. The highest BCUT2D eigenvalue weighted by atomic mass is 15.1. The maximum atomic E-state index is 4.19. The summed E-state index contributed by atoms with van der Waals surface area (Å²) in [5.74, 6) is 0. The van der Waals surface area contributed by atoms with Crippen molar-refractivity contribution in [2.45, 2.75) is 32.4 Å². The minimum absolute atomic E-state index is 0.265. The van der Waals surface area contributed by atoms with E-state index < -0.39 is 0 Å². The molecule has 1 aliphatic heterocycles.